The monoisotopic (exact) mass is 418 g/mol. The van der Waals surface area contributed by atoms with Crippen molar-refractivity contribution in [2.24, 2.45) is 0 Å². The molecule has 0 unspecified atom stereocenters. The van der Waals surface area contributed by atoms with E-state index in [-0.39, 0.29) is 6.09 Å². The van der Waals surface area contributed by atoms with Crippen molar-refractivity contribution < 1.29 is 9.53 Å². The molecule has 0 spiro atoms. The smallest absolute Gasteiger partial charge is 0.409 e. The predicted molar refractivity (Wildman–Crippen MR) is 113 cm³/mol. The van der Waals surface area contributed by atoms with Gasteiger partial charge in [0, 0.05) is 53.4 Å². The SMILES string of the molecule is CCOC(=O)N1CCC(N2CC=C(Cl)C3=C2Cc2ccc(Cl)cc2C=C3)CC1. The number of allylic oxidation sites excluding steroid dienone is 4. The summed E-state index contributed by atoms with van der Waals surface area (Å²) in [5.41, 5.74) is 4.75. The number of carbonyl (C=O) groups excluding carboxylic acids is 1. The van der Waals surface area contributed by atoms with Crippen LogP contribution < -0.4 is 0 Å². The number of fused-ring (bicyclic) bond motifs is 1. The Morgan fingerprint density at radius 1 is 1.21 bits per heavy atom. The molecular formula is C22H24Cl2N2O2. The lowest BCUT2D eigenvalue weighted by molar-refractivity contribution is 0.0833. The summed E-state index contributed by atoms with van der Waals surface area (Å²) in [6, 6.07) is 6.44. The topological polar surface area (TPSA) is 32.8 Å². The van der Waals surface area contributed by atoms with Crippen LogP contribution in [0.4, 0.5) is 4.79 Å². The van der Waals surface area contributed by atoms with E-state index in [1.807, 2.05) is 24.0 Å². The molecule has 28 heavy (non-hydrogen) atoms. The minimum atomic E-state index is -0.203. The first-order valence-corrected chi connectivity index (χ1v) is 10.6. The van der Waals surface area contributed by atoms with Crippen LogP contribution in [-0.4, -0.2) is 48.2 Å². The van der Waals surface area contributed by atoms with E-state index in [0.29, 0.717) is 12.6 Å². The Kier molecular flexibility index (Phi) is 5.70. The van der Waals surface area contributed by atoms with Crippen molar-refractivity contribution in [1.82, 2.24) is 9.80 Å². The molecule has 6 heteroatoms. The van der Waals surface area contributed by atoms with E-state index >= 15 is 0 Å². The number of rotatable bonds is 2. The van der Waals surface area contributed by atoms with E-state index in [1.165, 1.54) is 11.3 Å². The number of hydrogen-bond donors (Lipinski definition) is 0. The van der Waals surface area contributed by atoms with Crippen LogP contribution in [-0.2, 0) is 11.2 Å². The molecule has 4 nitrogen and oxygen atoms in total. The molecule has 1 amide bonds. The fraction of sp³-hybridized carbons (Fsp3) is 0.409. The highest BCUT2D eigenvalue weighted by atomic mass is 35.5. The summed E-state index contributed by atoms with van der Waals surface area (Å²) in [4.78, 5) is 16.3. The van der Waals surface area contributed by atoms with Gasteiger partial charge in [0.2, 0.25) is 0 Å². The minimum Gasteiger partial charge on any atom is -0.450 e. The zero-order valence-corrected chi connectivity index (χ0v) is 17.5. The van der Waals surface area contributed by atoms with Gasteiger partial charge in [-0.1, -0.05) is 41.4 Å². The highest BCUT2D eigenvalue weighted by Gasteiger charge is 2.31. The Balaban J connectivity index is 1.55. The summed E-state index contributed by atoms with van der Waals surface area (Å²) in [5.74, 6) is 0. The van der Waals surface area contributed by atoms with Gasteiger partial charge < -0.3 is 14.5 Å². The van der Waals surface area contributed by atoms with Gasteiger partial charge in [-0.05, 0) is 49.1 Å². The number of ether oxygens (including phenoxy) is 1. The highest BCUT2D eigenvalue weighted by Crippen LogP contribution is 2.36. The van der Waals surface area contributed by atoms with Crippen LogP contribution in [0.5, 0.6) is 0 Å². The third kappa shape index (κ3) is 3.81. The van der Waals surface area contributed by atoms with Crippen LogP contribution in [0.2, 0.25) is 5.02 Å². The fourth-order valence-corrected chi connectivity index (χ4v) is 4.67. The number of carbonyl (C=O) groups is 1. The average Bonchev–Trinajstić information content (AvgIpc) is 2.89. The molecule has 0 bridgehead atoms. The zero-order chi connectivity index (χ0) is 19.7. The van der Waals surface area contributed by atoms with Gasteiger partial charge in [-0.25, -0.2) is 4.79 Å². The molecule has 0 saturated carbocycles. The van der Waals surface area contributed by atoms with Crippen LogP contribution in [0.15, 0.2) is 46.7 Å². The van der Waals surface area contributed by atoms with Gasteiger partial charge in [0.15, 0.2) is 0 Å². The lowest BCUT2D eigenvalue weighted by Crippen LogP contribution is -2.47. The molecule has 4 rings (SSSR count). The summed E-state index contributed by atoms with van der Waals surface area (Å²) < 4.78 is 5.14. The Morgan fingerprint density at radius 3 is 2.75 bits per heavy atom. The van der Waals surface area contributed by atoms with Crippen LogP contribution >= 0.6 is 23.2 Å². The van der Waals surface area contributed by atoms with Crippen LogP contribution in [0.25, 0.3) is 6.08 Å². The second-order valence-corrected chi connectivity index (χ2v) is 8.18. The summed E-state index contributed by atoms with van der Waals surface area (Å²) in [5, 5.41) is 1.55. The van der Waals surface area contributed by atoms with Crippen molar-refractivity contribution in [2.45, 2.75) is 32.2 Å². The third-order valence-electron chi connectivity index (χ3n) is 5.71. The Bertz CT molecular complexity index is 867. The Morgan fingerprint density at radius 2 is 2.00 bits per heavy atom. The molecule has 1 aromatic rings. The van der Waals surface area contributed by atoms with Crippen molar-refractivity contribution in [2.75, 3.05) is 26.2 Å². The standard InChI is InChI=1S/C22H24Cl2N2O2/c1-2-28-22(27)25-10-7-18(8-11-25)26-12-9-20(24)19-6-4-15-13-17(23)5-3-16(15)14-21(19)26/h3-6,9,13,18H,2,7-8,10-12,14H2,1H3. The Labute approximate surface area is 176 Å². The van der Waals surface area contributed by atoms with Crippen molar-refractivity contribution in [3.05, 3.63) is 62.8 Å². The molecule has 1 aliphatic carbocycles. The average molecular weight is 419 g/mol. The highest BCUT2D eigenvalue weighted by molar-refractivity contribution is 6.32. The minimum absolute atomic E-state index is 0.203. The number of halogens is 2. The largest absolute Gasteiger partial charge is 0.450 e. The van der Waals surface area contributed by atoms with E-state index in [0.717, 1.165) is 60.1 Å². The third-order valence-corrected chi connectivity index (χ3v) is 6.30. The van der Waals surface area contributed by atoms with Gasteiger partial charge in [-0.15, -0.1) is 0 Å². The molecule has 0 aromatic heterocycles. The first kappa shape index (κ1) is 19.4. The van der Waals surface area contributed by atoms with E-state index in [9.17, 15) is 4.79 Å². The van der Waals surface area contributed by atoms with E-state index in [2.05, 4.69) is 29.2 Å². The summed E-state index contributed by atoms with van der Waals surface area (Å²) in [6.45, 7) is 4.51. The van der Waals surface area contributed by atoms with Gasteiger partial charge in [-0.2, -0.15) is 0 Å². The quantitative estimate of drug-likeness (QED) is 0.659. The maximum absolute atomic E-state index is 12.0. The summed E-state index contributed by atoms with van der Waals surface area (Å²) >= 11 is 12.8. The lowest BCUT2D eigenvalue weighted by atomic mass is 9.96. The van der Waals surface area contributed by atoms with Crippen molar-refractivity contribution >= 4 is 35.4 Å². The number of amides is 1. The molecule has 0 radical (unpaired) electrons. The van der Waals surface area contributed by atoms with Gasteiger partial charge in [0.05, 0.1) is 6.61 Å². The molecule has 0 atom stereocenters. The van der Waals surface area contributed by atoms with E-state index in [4.69, 9.17) is 27.9 Å². The van der Waals surface area contributed by atoms with Gasteiger partial charge in [0.25, 0.3) is 0 Å². The van der Waals surface area contributed by atoms with E-state index < -0.39 is 0 Å². The molecule has 1 fully saturated rings. The zero-order valence-electron chi connectivity index (χ0n) is 16.0. The predicted octanol–water partition coefficient (Wildman–Crippen LogP) is 5.22. The first-order valence-electron chi connectivity index (χ1n) is 9.81. The van der Waals surface area contributed by atoms with Crippen molar-refractivity contribution in [1.29, 1.82) is 0 Å². The van der Waals surface area contributed by atoms with Crippen LogP contribution in [0, 0.1) is 0 Å². The Hall–Kier alpha value is -1.91. The number of likely N-dealkylation sites (tertiary alicyclic amines) is 1. The maximum Gasteiger partial charge on any atom is 0.409 e. The fourth-order valence-electron chi connectivity index (χ4n) is 4.24. The van der Waals surface area contributed by atoms with Crippen molar-refractivity contribution in [3.63, 3.8) is 0 Å². The molecule has 2 aliphatic heterocycles. The van der Waals surface area contributed by atoms with Gasteiger partial charge >= 0.3 is 6.09 Å². The summed E-state index contributed by atoms with van der Waals surface area (Å²) in [6.07, 6.45) is 8.78. The molecule has 2 heterocycles. The molecule has 1 aromatic carbocycles. The lowest BCUT2D eigenvalue weighted by Gasteiger charge is -2.42. The second-order valence-electron chi connectivity index (χ2n) is 7.34. The summed E-state index contributed by atoms with van der Waals surface area (Å²) in [7, 11) is 0. The normalized spacial score (nSPS) is 19.8. The first-order chi connectivity index (χ1) is 13.6. The number of piperidine rings is 1. The second kappa shape index (κ2) is 8.22. The molecule has 3 aliphatic rings. The molecule has 148 valence electrons. The molecule has 0 N–H and O–H groups in total. The van der Waals surface area contributed by atoms with Gasteiger partial charge in [-0.3, -0.25) is 0 Å². The molecular weight excluding hydrogens is 395 g/mol. The maximum atomic E-state index is 12.0. The van der Waals surface area contributed by atoms with Crippen LogP contribution in [0.3, 0.4) is 0 Å². The van der Waals surface area contributed by atoms with Crippen molar-refractivity contribution in [3.8, 4) is 0 Å². The van der Waals surface area contributed by atoms with Gasteiger partial charge in [0.1, 0.15) is 0 Å². The molecule has 1 saturated heterocycles. The number of nitrogens with zero attached hydrogens (tertiary/aromatic N) is 2. The van der Waals surface area contributed by atoms with E-state index in [1.54, 1.807) is 0 Å². The number of hydrogen-bond acceptors (Lipinski definition) is 3. The number of benzene rings is 1. The van der Waals surface area contributed by atoms with Crippen LogP contribution in [0.1, 0.15) is 30.9 Å².